The number of hydrogen-bond acceptors (Lipinski definition) is 6. The van der Waals surface area contributed by atoms with Crippen LogP contribution in [0.1, 0.15) is 37.8 Å². The maximum atomic E-state index is 11.9. The minimum Gasteiger partial charge on any atom is -0.371 e. The second-order valence-electron chi connectivity index (χ2n) is 7.02. The number of anilines is 2. The molecule has 2 aromatic rings. The minimum absolute atomic E-state index is 0.345. The number of halogens is 1. The van der Waals surface area contributed by atoms with Crippen LogP contribution in [0.25, 0.3) is 0 Å². The molecule has 0 saturated carbocycles. The second-order valence-corrected chi connectivity index (χ2v) is 9.62. The first-order valence-electron chi connectivity index (χ1n) is 9.67. The number of nitrogens with one attached hydrogen (secondary N) is 1. The number of hydrogen-bond donors (Lipinski definition) is 1. The molecule has 0 unspecified atom stereocenters. The fourth-order valence-electron chi connectivity index (χ4n) is 3.02. The Labute approximate surface area is 187 Å². The number of nitrogens with zero attached hydrogens (tertiary/aromatic N) is 4. The van der Waals surface area contributed by atoms with E-state index in [1.165, 1.54) is 0 Å². The van der Waals surface area contributed by atoms with Crippen LogP contribution in [0.3, 0.4) is 0 Å². The van der Waals surface area contributed by atoms with Crippen molar-refractivity contribution >= 4 is 48.7 Å². The summed E-state index contributed by atoms with van der Waals surface area (Å²) >= 11 is 3.42. The molecular formula is C21H26BrN5O2S. The topological polar surface area (TPSA) is 97.9 Å². The van der Waals surface area contributed by atoms with Crippen molar-refractivity contribution in [2.24, 2.45) is 10.2 Å². The van der Waals surface area contributed by atoms with E-state index in [-0.39, 0.29) is 0 Å². The first-order chi connectivity index (χ1) is 14.2. The molecule has 0 atom stereocenters. The highest BCUT2D eigenvalue weighted by atomic mass is 79.9. The van der Waals surface area contributed by atoms with Gasteiger partial charge in [-0.05, 0) is 71.6 Å². The molecule has 0 heterocycles. The number of nitriles is 1. The number of azo groups is 1. The number of rotatable bonds is 9. The van der Waals surface area contributed by atoms with Crippen molar-refractivity contribution in [2.75, 3.05) is 29.0 Å². The quantitative estimate of drug-likeness (QED) is 0.432. The van der Waals surface area contributed by atoms with Gasteiger partial charge in [0.05, 0.1) is 17.5 Å². The highest BCUT2D eigenvalue weighted by molar-refractivity contribution is 9.10. The number of aryl methyl sites for hydroxylation is 1. The van der Waals surface area contributed by atoms with E-state index in [0.29, 0.717) is 27.1 Å². The summed E-state index contributed by atoms with van der Waals surface area (Å²) in [7, 11) is -3.51. The summed E-state index contributed by atoms with van der Waals surface area (Å²) in [5.41, 5.74) is 3.34. The zero-order chi connectivity index (χ0) is 22.3. The van der Waals surface area contributed by atoms with E-state index in [9.17, 15) is 13.7 Å². The van der Waals surface area contributed by atoms with Gasteiger partial charge >= 0.3 is 0 Å². The van der Waals surface area contributed by atoms with Crippen molar-refractivity contribution in [2.45, 2.75) is 33.6 Å². The van der Waals surface area contributed by atoms with Crippen LogP contribution in [0.4, 0.5) is 22.7 Å². The molecule has 0 spiro atoms. The third-order valence-corrected chi connectivity index (χ3v) is 5.41. The Bertz CT molecular complexity index is 1070. The Hall–Kier alpha value is -2.44. The van der Waals surface area contributed by atoms with E-state index in [1.807, 2.05) is 19.1 Å². The Morgan fingerprint density at radius 1 is 1.13 bits per heavy atom. The van der Waals surface area contributed by atoms with Crippen LogP contribution in [0.15, 0.2) is 45.0 Å². The van der Waals surface area contributed by atoms with Gasteiger partial charge in [0.1, 0.15) is 17.4 Å². The van der Waals surface area contributed by atoms with E-state index in [2.05, 4.69) is 55.7 Å². The van der Waals surface area contributed by atoms with Crippen molar-refractivity contribution in [3.8, 4) is 6.07 Å². The summed E-state index contributed by atoms with van der Waals surface area (Å²) < 4.78 is 27.0. The van der Waals surface area contributed by atoms with Gasteiger partial charge in [0.25, 0.3) is 0 Å². The number of sulfonamides is 1. The summed E-state index contributed by atoms with van der Waals surface area (Å²) in [6.07, 6.45) is 3.06. The second kappa shape index (κ2) is 10.5. The molecular weight excluding hydrogens is 466 g/mol. The molecule has 0 aromatic heterocycles. The zero-order valence-electron chi connectivity index (χ0n) is 17.6. The van der Waals surface area contributed by atoms with Crippen molar-refractivity contribution < 1.29 is 8.42 Å². The highest BCUT2D eigenvalue weighted by Gasteiger charge is 2.13. The smallest absolute Gasteiger partial charge is 0.229 e. The molecule has 0 bridgehead atoms. The SMILES string of the molecule is CCCN(CCC)c1ccc(N=Nc2c(Br)cc(C)cc2C#N)c(NS(C)(=O)=O)c1. The summed E-state index contributed by atoms with van der Waals surface area (Å²) in [5, 5.41) is 17.9. The summed E-state index contributed by atoms with van der Waals surface area (Å²) in [5.74, 6) is 0. The molecule has 2 aromatic carbocycles. The monoisotopic (exact) mass is 491 g/mol. The highest BCUT2D eigenvalue weighted by Crippen LogP contribution is 2.35. The van der Waals surface area contributed by atoms with Crippen molar-refractivity contribution in [3.63, 3.8) is 0 Å². The molecule has 2 rings (SSSR count). The summed E-state index contributed by atoms with van der Waals surface area (Å²) in [4.78, 5) is 2.21. The lowest BCUT2D eigenvalue weighted by Crippen LogP contribution is -2.25. The normalized spacial score (nSPS) is 11.5. The molecule has 0 aliphatic heterocycles. The largest absolute Gasteiger partial charge is 0.371 e. The van der Waals surface area contributed by atoms with E-state index in [0.717, 1.165) is 43.4 Å². The molecule has 0 radical (unpaired) electrons. The lowest BCUT2D eigenvalue weighted by molar-refractivity contribution is 0.607. The van der Waals surface area contributed by atoms with Crippen molar-refractivity contribution in [1.82, 2.24) is 0 Å². The minimum atomic E-state index is -3.51. The van der Waals surface area contributed by atoms with Crippen LogP contribution < -0.4 is 9.62 Å². The summed E-state index contributed by atoms with van der Waals surface area (Å²) in [6, 6.07) is 11.1. The average Bonchev–Trinajstić information content (AvgIpc) is 2.66. The molecule has 0 aliphatic carbocycles. The molecule has 0 fully saturated rings. The van der Waals surface area contributed by atoms with Crippen LogP contribution in [0, 0.1) is 18.3 Å². The molecule has 1 N–H and O–H groups in total. The fourth-order valence-corrected chi connectivity index (χ4v) is 4.24. The van der Waals surface area contributed by atoms with Crippen LogP contribution >= 0.6 is 15.9 Å². The zero-order valence-corrected chi connectivity index (χ0v) is 20.0. The fraction of sp³-hybridized carbons (Fsp3) is 0.381. The molecule has 0 saturated heterocycles. The Kier molecular flexibility index (Phi) is 8.38. The Balaban J connectivity index is 2.52. The van der Waals surface area contributed by atoms with Gasteiger partial charge in [-0.25, -0.2) is 8.42 Å². The van der Waals surface area contributed by atoms with Gasteiger partial charge in [-0.15, -0.1) is 10.2 Å². The van der Waals surface area contributed by atoms with Gasteiger partial charge in [0, 0.05) is 23.2 Å². The first kappa shape index (κ1) is 23.8. The molecule has 0 aliphatic rings. The van der Waals surface area contributed by atoms with Gasteiger partial charge in [-0.3, -0.25) is 4.72 Å². The van der Waals surface area contributed by atoms with Gasteiger partial charge in [0.15, 0.2) is 0 Å². The lowest BCUT2D eigenvalue weighted by Gasteiger charge is -2.24. The van der Waals surface area contributed by atoms with Crippen LogP contribution in [-0.2, 0) is 10.0 Å². The Morgan fingerprint density at radius 2 is 1.80 bits per heavy atom. The van der Waals surface area contributed by atoms with Crippen LogP contribution in [-0.4, -0.2) is 27.8 Å². The average molecular weight is 492 g/mol. The molecule has 7 nitrogen and oxygen atoms in total. The van der Waals surface area contributed by atoms with Gasteiger partial charge in [-0.1, -0.05) is 13.8 Å². The van der Waals surface area contributed by atoms with Gasteiger partial charge < -0.3 is 4.90 Å². The van der Waals surface area contributed by atoms with E-state index < -0.39 is 10.0 Å². The Morgan fingerprint density at radius 3 is 2.37 bits per heavy atom. The van der Waals surface area contributed by atoms with Crippen molar-refractivity contribution in [1.29, 1.82) is 5.26 Å². The maximum Gasteiger partial charge on any atom is 0.229 e. The predicted molar refractivity (Wildman–Crippen MR) is 125 cm³/mol. The third-order valence-electron chi connectivity index (χ3n) is 4.21. The van der Waals surface area contributed by atoms with E-state index >= 15 is 0 Å². The molecule has 160 valence electrons. The number of benzene rings is 2. The van der Waals surface area contributed by atoms with Crippen molar-refractivity contribution in [3.05, 3.63) is 45.9 Å². The molecule has 30 heavy (non-hydrogen) atoms. The summed E-state index contributed by atoms with van der Waals surface area (Å²) in [6.45, 7) is 7.84. The maximum absolute atomic E-state index is 11.9. The van der Waals surface area contributed by atoms with Crippen LogP contribution in [0.2, 0.25) is 0 Å². The lowest BCUT2D eigenvalue weighted by atomic mass is 10.1. The van der Waals surface area contributed by atoms with E-state index in [1.54, 1.807) is 18.2 Å². The molecule has 0 amide bonds. The third kappa shape index (κ3) is 6.54. The first-order valence-corrected chi connectivity index (χ1v) is 12.4. The van der Waals surface area contributed by atoms with E-state index in [4.69, 9.17) is 0 Å². The molecule has 9 heteroatoms. The predicted octanol–water partition coefficient (Wildman–Crippen LogP) is 6.04. The van der Waals surface area contributed by atoms with Crippen LogP contribution in [0.5, 0.6) is 0 Å². The van der Waals surface area contributed by atoms with Gasteiger partial charge in [0.2, 0.25) is 10.0 Å². The van der Waals surface area contributed by atoms with Gasteiger partial charge in [-0.2, -0.15) is 5.26 Å². The standard InChI is InChI=1S/C21H26BrN5O2S/c1-5-9-27(10-6-2)17-7-8-19(20(13-17)26-30(4,28)29)24-25-21-16(14-23)11-15(3)12-18(21)22/h7-8,11-13,26H,5-6,9-10H2,1-4H3.